The van der Waals surface area contributed by atoms with Crippen molar-refractivity contribution in [3.63, 3.8) is 0 Å². The minimum absolute atomic E-state index is 0.0256. The summed E-state index contributed by atoms with van der Waals surface area (Å²) in [7, 11) is 1.62. The van der Waals surface area contributed by atoms with Crippen molar-refractivity contribution in [1.29, 1.82) is 0 Å². The molecule has 2 aromatic rings. The first kappa shape index (κ1) is 18.5. The molecule has 0 bridgehead atoms. The van der Waals surface area contributed by atoms with Crippen molar-refractivity contribution in [1.82, 2.24) is 4.90 Å². The maximum absolute atomic E-state index is 12.4. The van der Waals surface area contributed by atoms with E-state index in [9.17, 15) is 4.79 Å². The summed E-state index contributed by atoms with van der Waals surface area (Å²) in [6, 6.07) is 15.2. The maximum atomic E-state index is 12.4. The van der Waals surface area contributed by atoms with Gasteiger partial charge in [0.2, 0.25) is 0 Å². The monoisotopic (exact) mass is 375 g/mol. The number of hydrogen-bond acceptors (Lipinski definition) is 3. The van der Waals surface area contributed by atoms with Crippen LogP contribution in [0.2, 0.25) is 5.02 Å². The van der Waals surface area contributed by atoms with Crippen molar-refractivity contribution in [2.45, 2.75) is 6.54 Å². The highest BCUT2D eigenvalue weighted by molar-refractivity contribution is 6.31. The number of amides is 1. The van der Waals surface area contributed by atoms with Crippen LogP contribution in [0.15, 0.2) is 48.5 Å². The Morgan fingerprint density at radius 3 is 2.38 bits per heavy atom. The van der Waals surface area contributed by atoms with Crippen LogP contribution >= 0.6 is 11.6 Å². The van der Waals surface area contributed by atoms with Crippen LogP contribution in [0.5, 0.6) is 11.5 Å². The zero-order valence-corrected chi connectivity index (χ0v) is 15.7. The van der Waals surface area contributed by atoms with Crippen LogP contribution < -0.4 is 14.4 Å². The van der Waals surface area contributed by atoms with E-state index >= 15 is 0 Å². The predicted octanol–water partition coefficient (Wildman–Crippen LogP) is 1.65. The average molecular weight is 376 g/mol. The molecule has 1 heterocycles. The maximum Gasteiger partial charge on any atom is 0.260 e. The van der Waals surface area contributed by atoms with Gasteiger partial charge in [-0.05, 0) is 30.3 Å². The third-order valence-corrected chi connectivity index (χ3v) is 5.01. The number of halogens is 1. The van der Waals surface area contributed by atoms with Gasteiger partial charge in [-0.15, -0.1) is 0 Å². The molecule has 0 spiro atoms. The lowest BCUT2D eigenvalue weighted by atomic mass is 10.2. The zero-order chi connectivity index (χ0) is 18.4. The lowest BCUT2D eigenvalue weighted by molar-refractivity contribution is -0.917. The van der Waals surface area contributed by atoms with E-state index in [0.29, 0.717) is 5.75 Å². The minimum Gasteiger partial charge on any atom is -0.497 e. The van der Waals surface area contributed by atoms with E-state index in [1.165, 1.54) is 4.90 Å². The molecule has 2 aromatic carbocycles. The predicted molar refractivity (Wildman–Crippen MR) is 101 cm³/mol. The van der Waals surface area contributed by atoms with Gasteiger partial charge in [0.15, 0.2) is 6.61 Å². The van der Waals surface area contributed by atoms with Gasteiger partial charge in [0.25, 0.3) is 5.91 Å². The first-order chi connectivity index (χ1) is 12.7. The fourth-order valence-electron chi connectivity index (χ4n) is 3.07. The van der Waals surface area contributed by atoms with Gasteiger partial charge in [-0.1, -0.05) is 29.8 Å². The molecule has 1 amide bonds. The summed E-state index contributed by atoms with van der Waals surface area (Å²) in [5.74, 6) is 1.46. The molecule has 1 N–H and O–H groups in total. The molecule has 26 heavy (non-hydrogen) atoms. The number of benzene rings is 2. The molecular weight excluding hydrogens is 352 g/mol. The van der Waals surface area contributed by atoms with Crippen LogP contribution in [0.1, 0.15) is 5.56 Å². The molecule has 0 atom stereocenters. The number of methoxy groups -OCH3 is 1. The molecule has 1 saturated heterocycles. The van der Waals surface area contributed by atoms with Gasteiger partial charge in [-0.3, -0.25) is 4.79 Å². The molecular formula is C20H24ClN2O3+. The van der Waals surface area contributed by atoms with Gasteiger partial charge in [-0.2, -0.15) is 0 Å². The molecule has 3 rings (SSSR count). The third kappa shape index (κ3) is 4.90. The minimum atomic E-state index is 0.0256. The van der Waals surface area contributed by atoms with Crippen LogP contribution in [-0.4, -0.2) is 50.7 Å². The van der Waals surface area contributed by atoms with Crippen LogP contribution in [0.25, 0.3) is 0 Å². The van der Waals surface area contributed by atoms with Gasteiger partial charge in [0, 0.05) is 10.6 Å². The lowest BCUT2D eigenvalue weighted by Crippen LogP contribution is -3.13. The second kappa shape index (κ2) is 8.92. The number of nitrogens with zero attached hydrogens (tertiary/aromatic N) is 1. The largest absolute Gasteiger partial charge is 0.497 e. The molecule has 1 aliphatic heterocycles. The molecule has 0 saturated carbocycles. The van der Waals surface area contributed by atoms with Crippen LogP contribution in [0, 0.1) is 0 Å². The lowest BCUT2D eigenvalue weighted by Gasteiger charge is -2.32. The topological polar surface area (TPSA) is 43.2 Å². The fourth-order valence-corrected chi connectivity index (χ4v) is 3.27. The third-order valence-electron chi connectivity index (χ3n) is 4.64. The smallest absolute Gasteiger partial charge is 0.260 e. The van der Waals surface area contributed by atoms with Crippen molar-refractivity contribution in [2.24, 2.45) is 0 Å². The summed E-state index contributed by atoms with van der Waals surface area (Å²) in [4.78, 5) is 15.7. The van der Waals surface area contributed by atoms with Crippen molar-refractivity contribution in [3.05, 3.63) is 59.1 Å². The zero-order valence-electron chi connectivity index (χ0n) is 14.9. The Kier molecular flexibility index (Phi) is 6.36. The van der Waals surface area contributed by atoms with Gasteiger partial charge in [-0.25, -0.2) is 0 Å². The quantitative estimate of drug-likeness (QED) is 0.835. The SMILES string of the molecule is COc1ccc(OCC(=O)N2CC[NH+](Cc3ccccc3Cl)CC2)cc1. The molecule has 5 nitrogen and oxygen atoms in total. The Morgan fingerprint density at radius 1 is 1.08 bits per heavy atom. The molecule has 1 aliphatic rings. The number of rotatable bonds is 6. The van der Waals surface area contributed by atoms with Gasteiger partial charge in [0.05, 0.1) is 33.3 Å². The van der Waals surface area contributed by atoms with Gasteiger partial charge in [0.1, 0.15) is 18.0 Å². The molecule has 1 fully saturated rings. The summed E-state index contributed by atoms with van der Waals surface area (Å²) < 4.78 is 10.7. The van der Waals surface area contributed by atoms with E-state index in [4.69, 9.17) is 21.1 Å². The van der Waals surface area contributed by atoms with Crippen LogP contribution in [0.3, 0.4) is 0 Å². The summed E-state index contributed by atoms with van der Waals surface area (Å²) in [5, 5.41) is 0.811. The van der Waals surface area contributed by atoms with E-state index in [-0.39, 0.29) is 12.5 Å². The Labute approximate surface area is 159 Å². The molecule has 6 heteroatoms. The Morgan fingerprint density at radius 2 is 1.73 bits per heavy atom. The number of ether oxygens (including phenoxy) is 2. The summed E-state index contributed by atoms with van der Waals surface area (Å²) >= 11 is 6.24. The number of piperazine rings is 1. The Bertz CT molecular complexity index is 728. The molecule has 0 aliphatic carbocycles. The standard InChI is InChI=1S/C20H23ClN2O3/c1-25-17-6-8-18(9-7-17)26-15-20(24)23-12-10-22(11-13-23)14-16-4-2-3-5-19(16)21/h2-9H,10-15H2,1H3/p+1. The fraction of sp³-hybridized carbons (Fsp3) is 0.350. The summed E-state index contributed by atoms with van der Waals surface area (Å²) in [6.45, 7) is 4.27. The van der Waals surface area contributed by atoms with Crippen molar-refractivity contribution in [2.75, 3.05) is 39.9 Å². The van der Waals surface area contributed by atoms with E-state index in [2.05, 4.69) is 6.07 Å². The normalized spacial score (nSPS) is 14.9. The second-order valence-corrected chi connectivity index (χ2v) is 6.77. The summed E-state index contributed by atoms with van der Waals surface area (Å²) in [6.07, 6.45) is 0. The van der Waals surface area contributed by atoms with Crippen LogP contribution in [-0.2, 0) is 11.3 Å². The number of nitrogens with one attached hydrogen (secondary N) is 1. The molecule has 138 valence electrons. The second-order valence-electron chi connectivity index (χ2n) is 6.36. The first-order valence-electron chi connectivity index (χ1n) is 8.77. The van der Waals surface area contributed by atoms with Crippen LogP contribution in [0.4, 0.5) is 0 Å². The molecule has 0 unspecified atom stereocenters. The Balaban J connectivity index is 1.43. The number of carbonyl (C=O) groups excluding carboxylic acids is 1. The van der Waals surface area contributed by atoms with Gasteiger partial charge < -0.3 is 19.3 Å². The van der Waals surface area contributed by atoms with E-state index in [1.54, 1.807) is 19.2 Å². The number of quaternary nitrogens is 1. The summed E-state index contributed by atoms with van der Waals surface area (Å²) in [5.41, 5.74) is 1.16. The number of carbonyl (C=O) groups is 1. The average Bonchev–Trinajstić information content (AvgIpc) is 2.69. The van der Waals surface area contributed by atoms with Crippen molar-refractivity contribution in [3.8, 4) is 11.5 Å². The van der Waals surface area contributed by atoms with E-state index in [1.807, 2.05) is 35.2 Å². The van der Waals surface area contributed by atoms with E-state index < -0.39 is 0 Å². The number of hydrogen-bond donors (Lipinski definition) is 1. The van der Waals surface area contributed by atoms with E-state index in [0.717, 1.165) is 49.1 Å². The van der Waals surface area contributed by atoms with Gasteiger partial charge >= 0.3 is 0 Å². The highest BCUT2D eigenvalue weighted by Crippen LogP contribution is 2.17. The Hall–Kier alpha value is -2.24. The van der Waals surface area contributed by atoms with Crippen molar-refractivity contribution >= 4 is 17.5 Å². The van der Waals surface area contributed by atoms with Crippen molar-refractivity contribution < 1.29 is 19.2 Å². The highest BCUT2D eigenvalue weighted by Gasteiger charge is 2.24. The molecule has 0 radical (unpaired) electrons. The first-order valence-corrected chi connectivity index (χ1v) is 9.15. The molecule has 0 aromatic heterocycles. The highest BCUT2D eigenvalue weighted by atomic mass is 35.5.